The van der Waals surface area contributed by atoms with Gasteiger partial charge in [-0.25, -0.2) is 4.79 Å². The predicted molar refractivity (Wildman–Crippen MR) is 48.7 cm³/mol. The molecule has 0 atom stereocenters. The summed E-state index contributed by atoms with van der Waals surface area (Å²) in [5, 5.41) is 8.23. The molecule has 1 rings (SSSR count). The number of carboxylic acids is 1. The fourth-order valence-corrected chi connectivity index (χ4v) is 0.908. The van der Waals surface area contributed by atoms with E-state index in [4.69, 9.17) is 5.11 Å². The Balaban J connectivity index is 2.55. The molecule has 0 aromatic heterocycles. The summed E-state index contributed by atoms with van der Waals surface area (Å²) < 4.78 is 36.4. The minimum atomic E-state index is -4.39. The highest BCUT2D eigenvalue weighted by Gasteiger charge is 2.29. The summed E-state index contributed by atoms with van der Waals surface area (Å²) in [5.41, 5.74) is 1.67. The number of rotatable bonds is 4. The number of alkyl halides is 3. The minimum Gasteiger partial charge on any atom is -0.479 e. The lowest BCUT2D eigenvalue weighted by Crippen LogP contribution is -2.11. The van der Waals surface area contributed by atoms with E-state index in [0.717, 1.165) is 24.3 Å². The molecule has 88 valence electrons. The Morgan fingerprint density at radius 1 is 1.31 bits per heavy atom. The second kappa shape index (κ2) is 4.84. The van der Waals surface area contributed by atoms with Gasteiger partial charge >= 0.3 is 12.1 Å². The molecule has 0 fully saturated rings. The van der Waals surface area contributed by atoms with Crippen LogP contribution in [-0.4, -0.2) is 17.7 Å². The maximum Gasteiger partial charge on any atom is 0.416 e. The van der Waals surface area contributed by atoms with Crippen molar-refractivity contribution >= 4 is 11.7 Å². The highest BCUT2D eigenvalue weighted by Crippen LogP contribution is 2.29. The normalized spacial score (nSPS) is 11.2. The van der Waals surface area contributed by atoms with Crippen LogP contribution in [0.3, 0.4) is 0 Å². The third-order valence-electron chi connectivity index (χ3n) is 1.60. The van der Waals surface area contributed by atoms with Crippen molar-refractivity contribution in [2.75, 3.05) is 12.1 Å². The smallest absolute Gasteiger partial charge is 0.416 e. The van der Waals surface area contributed by atoms with Crippen LogP contribution >= 0.6 is 0 Å². The molecule has 0 bridgehead atoms. The minimum absolute atomic E-state index is 0.245. The third-order valence-corrected chi connectivity index (χ3v) is 1.60. The Kier molecular flexibility index (Phi) is 3.73. The first-order chi connectivity index (χ1) is 7.39. The second-order valence-corrected chi connectivity index (χ2v) is 2.86. The van der Waals surface area contributed by atoms with Gasteiger partial charge in [0.15, 0.2) is 6.61 Å². The lowest BCUT2D eigenvalue weighted by molar-refractivity contribution is -0.141. The first-order valence-electron chi connectivity index (χ1n) is 4.16. The van der Waals surface area contributed by atoms with Gasteiger partial charge in [-0.05, 0) is 24.3 Å². The largest absolute Gasteiger partial charge is 0.479 e. The molecule has 0 aliphatic rings. The van der Waals surface area contributed by atoms with E-state index < -0.39 is 24.3 Å². The number of carboxylic acid groups (broad SMARTS) is 1. The molecule has 0 amide bonds. The molecule has 2 N–H and O–H groups in total. The first-order valence-corrected chi connectivity index (χ1v) is 4.16. The Labute approximate surface area is 88.6 Å². The molecule has 1 aromatic rings. The van der Waals surface area contributed by atoms with E-state index in [0.29, 0.717) is 0 Å². The van der Waals surface area contributed by atoms with Gasteiger partial charge in [-0.2, -0.15) is 13.2 Å². The van der Waals surface area contributed by atoms with Crippen LogP contribution in [-0.2, 0) is 15.8 Å². The van der Waals surface area contributed by atoms with Crippen LogP contribution in [0.1, 0.15) is 5.56 Å². The molecule has 0 heterocycles. The topological polar surface area (TPSA) is 58.6 Å². The van der Waals surface area contributed by atoms with Crippen LogP contribution in [0.5, 0.6) is 0 Å². The number of aliphatic carboxylic acids is 1. The summed E-state index contributed by atoms with van der Waals surface area (Å²) >= 11 is 0. The van der Waals surface area contributed by atoms with E-state index in [1.807, 2.05) is 0 Å². The fraction of sp³-hybridized carbons (Fsp3) is 0.222. The van der Waals surface area contributed by atoms with E-state index in [-0.39, 0.29) is 5.69 Å². The number of hydrogen-bond donors (Lipinski definition) is 2. The van der Waals surface area contributed by atoms with Crippen molar-refractivity contribution in [3.8, 4) is 0 Å². The van der Waals surface area contributed by atoms with Crippen molar-refractivity contribution in [3.63, 3.8) is 0 Å². The van der Waals surface area contributed by atoms with E-state index in [2.05, 4.69) is 10.3 Å². The van der Waals surface area contributed by atoms with Crippen molar-refractivity contribution in [3.05, 3.63) is 29.8 Å². The molecule has 0 saturated heterocycles. The van der Waals surface area contributed by atoms with Gasteiger partial charge in [0.2, 0.25) is 0 Å². The standard InChI is InChI=1S/C9H8F3NO3/c10-9(11,12)6-1-3-7(4-2-6)13-16-5-8(14)15/h1-4,13H,5H2,(H,14,15). The van der Waals surface area contributed by atoms with Crippen LogP contribution in [0, 0.1) is 0 Å². The summed E-state index contributed by atoms with van der Waals surface area (Å²) in [5.74, 6) is -1.18. The molecule has 7 heteroatoms. The molecular weight excluding hydrogens is 227 g/mol. The molecule has 0 saturated carbocycles. The van der Waals surface area contributed by atoms with E-state index in [9.17, 15) is 18.0 Å². The van der Waals surface area contributed by atoms with Gasteiger partial charge in [-0.1, -0.05) is 0 Å². The molecule has 1 aromatic carbocycles. The van der Waals surface area contributed by atoms with Crippen molar-refractivity contribution in [2.45, 2.75) is 6.18 Å². The SMILES string of the molecule is O=C(O)CONc1ccc(C(F)(F)F)cc1. The Morgan fingerprint density at radius 2 is 1.88 bits per heavy atom. The number of halogens is 3. The number of hydrogen-bond acceptors (Lipinski definition) is 3. The monoisotopic (exact) mass is 235 g/mol. The highest BCUT2D eigenvalue weighted by atomic mass is 19.4. The summed E-state index contributed by atoms with van der Waals surface area (Å²) in [6.45, 7) is -0.582. The molecule has 16 heavy (non-hydrogen) atoms. The first kappa shape index (κ1) is 12.3. The van der Waals surface area contributed by atoms with Gasteiger partial charge < -0.3 is 5.11 Å². The van der Waals surface area contributed by atoms with Gasteiger partial charge in [0.05, 0.1) is 11.3 Å². The van der Waals surface area contributed by atoms with E-state index in [1.165, 1.54) is 0 Å². The van der Waals surface area contributed by atoms with Crippen LogP contribution in [0.25, 0.3) is 0 Å². The zero-order valence-corrected chi connectivity index (χ0v) is 7.91. The van der Waals surface area contributed by atoms with Crippen molar-refractivity contribution in [1.82, 2.24) is 0 Å². The lowest BCUT2D eigenvalue weighted by Gasteiger charge is -2.08. The molecule has 0 radical (unpaired) electrons. The number of carbonyl (C=O) groups is 1. The van der Waals surface area contributed by atoms with Gasteiger partial charge in [-0.3, -0.25) is 10.3 Å². The lowest BCUT2D eigenvalue weighted by atomic mass is 10.2. The summed E-state index contributed by atoms with van der Waals surface area (Å²) in [7, 11) is 0. The van der Waals surface area contributed by atoms with Gasteiger partial charge in [0.25, 0.3) is 0 Å². The van der Waals surface area contributed by atoms with Gasteiger partial charge in [0.1, 0.15) is 0 Å². The summed E-state index contributed by atoms with van der Waals surface area (Å²) in [4.78, 5) is 14.5. The van der Waals surface area contributed by atoms with Gasteiger partial charge in [-0.15, -0.1) is 0 Å². The van der Waals surface area contributed by atoms with E-state index in [1.54, 1.807) is 0 Å². The zero-order chi connectivity index (χ0) is 12.2. The van der Waals surface area contributed by atoms with Crippen LogP contribution in [0.2, 0.25) is 0 Å². The number of nitrogens with one attached hydrogen (secondary N) is 1. The Bertz CT molecular complexity index is 361. The van der Waals surface area contributed by atoms with Crippen molar-refractivity contribution in [2.24, 2.45) is 0 Å². The quantitative estimate of drug-likeness (QED) is 0.785. The number of benzene rings is 1. The number of anilines is 1. The van der Waals surface area contributed by atoms with Crippen LogP contribution in [0.15, 0.2) is 24.3 Å². The Morgan fingerprint density at radius 3 is 2.31 bits per heavy atom. The van der Waals surface area contributed by atoms with E-state index >= 15 is 0 Å². The van der Waals surface area contributed by atoms with Crippen molar-refractivity contribution in [1.29, 1.82) is 0 Å². The average Bonchev–Trinajstić information content (AvgIpc) is 2.16. The summed E-state index contributed by atoms with van der Waals surface area (Å²) in [6.07, 6.45) is -4.39. The fourth-order valence-electron chi connectivity index (χ4n) is 0.908. The van der Waals surface area contributed by atoms with Gasteiger partial charge in [0, 0.05) is 0 Å². The molecule has 0 spiro atoms. The summed E-state index contributed by atoms with van der Waals surface area (Å²) in [6, 6.07) is 4.02. The average molecular weight is 235 g/mol. The maximum absolute atomic E-state index is 12.1. The molecule has 0 aliphatic carbocycles. The van der Waals surface area contributed by atoms with Crippen LogP contribution in [0.4, 0.5) is 18.9 Å². The molecular formula is C9H8F3NO3. The molecule has 0 aliphatic heterocycles. The third kappa shape index (κ3) is 3.77. The highest BCUT2D eigenvalue weighted by molar-refractivity contribution is 5.68. The Hall–Kier alpha value is -1.76. The predicted octanol–water partition coefficient (Wildman–Crippen LogP) is 2.13. The van der Waals surface area contributed by atoms with Crippen LogP contribution < -0.4 is 5.48 Å². The zero-order valence-electron chi connectivity index (χ0n) is 7.91. The van der Waals surface area contributed by atoms with Crippen molar-refractivity contribution < 1.29 is 27.9 Å². The second-order valence-electron chi connectivity index (χ2n) is 2.86. The molecule has 4 nitrogen and oxygen atoms in total. The maximum atomic E-state index is 12.1. The molecule has 0 unspecified atom stereocenters.